The minimum Gasteiger partial charge on any atom is -0.480 e. The van der Waals surface area contributed by atoms with Crippen LogP contribution in [0.15, 0.2) is 15.0 Å². The molecule has 0 spiro atoms. The van der Waals surface area contributed by atoms with E-state index in [4.69, 9.17) is 45.9 Å². The van der Waals surface area contributed by atoms with Gasteiger partial charge in [-0.25, -0.2) is 4.79 Å². The number of carboxylic acid groups (broad SMARTS) is 1. The fourth-order valence-corrected chi connectivity index (χ4v) is 3.77. The Kier molecular flexibility index (Phi) is 20.0. The molecule has 0 aromatic heterocycles. The molecule has 0 saturated heterocycles. The van der Waals surface area contributed by atoms with E-state index in [1.54, 1.807) is 0 Å². The molecule has 19 nitrogen and oxygen atoms in total. The normalized spacial score (nSPS) is 13.3. The summed E-state index contributed by atoms with van der Waals surface area (Å²) in [6.45, 7) is 0.984. The number of carbonyl (C=O) groups is 4. The van der Waals surface area contributed by atoms with Gasteiger partial charge in [0, 0.05) is 19.6 Å². The first-order valence-corrected chi connectivity index (χ1v) is 14.0. The lowest BCUT2D eigenvalue weighted by Gasteiger charge is -2.25. The zero-order chi connectivity index (χ0) is 32.8. The maximum Gasteiger partial charge on any atom is 0.326 e. The third-order valence-electron chi connectivity index (χ3n) is 6.02. The van der Waals surface area contributed by atoms with Gasteiger partial charge >= 0.3 is 5.97 Å². The second-order valence-corrected chi connectivity index (χ2v) is 9.76. The predicted octanol–water partition coefficient (Wildman–Crippen LogP) is -4.86. The van der Waals surface area contributed by atoms with E-state index in [1.165, 1.54) is 0 Å². The average Bonchev–Trinajstić information content (AvgIpc) is 2.92. The lowest BCUT2D eigenvalue weighted by atomic mass is 10.0. The van der Waals surface area contributed by atoms with Crippen molar-refractivity contribution in [1.82, 2.24) is 16.0 Å². The summed E-state index contributed by atoms with van der Waals surface area (Å²) >= 11 is 0. The number of hydrogen-bond acceptors (Lipinski definition) is 9. The van der Waals surface area contributed by atoms with Gasteiger partial charge in [-0.05, 0) is 64.3 Å². The van der Waals surface area contributed by atoms with E-state index in [9.17, 15) is 24.3 Å². The van der Waals surface area contributed by atoms with Gasteiger partial charge in [-0.3, -0.25) is 29.4 Å². The van der Waals surface area contributed by atoms with Crippen LogP contribution in [0.4, 0.5) is 0 Å². The maximum atomic E-state index is 13.4. The van der Waals surface area contributed by atoms with Gasteiger partial charge in [-0.1, -0.05) is 0 Å². The van der Waals surface area contributed by atoms with Crippen LogP contribution in [0, 0.1) is 0 Å². The Balaban J connectivity index is 5.73. The molecular formula is C24H50N14O5. The van der Waals surface area contributed by atoms with Gasteiger partial charge in [0.1, 0.15) is 18.1 Å². The smallest absolute Gasteiger partial charge is 0.326 e. The van der Waals surface area contributed by atoms with Crippen molar-refractivity contribution in [2.45, 2.75) is 82.0 Å². The molecule has 246 valence electrons. The summed E-state index contributed by atoms with van der Waals surface area (Å²) in [6, 6.07) is -4.43. The molecule has 0 aliphatic rings. The minimum atomic E-state index is -1.23. The van der Waals surface area contributed by atoms with Crippen molar-refractivity contribution in [2.24, 2.45) is 60.8 Å². The van der Waals surface area contributed by atoms with Gasteiger partial charge in [0.15, 0.2) is 17.9 Å². The molecule has 3 amide bonds. The molecule has 0 bridgehead atoms. The SMILES string of the molecule is NCCCC[C@H](NC(=O)[C@H](CCCN=C(N)N)NC(=O)[C@H](CCCN=C(N)N)NC(=O)[C@@H](N)CCCN=C(N)N)C(=O)O. The molecule has 0 unspecified atom stereocenters. The summed E-state index contributed by atoms with van der Waals surface area (Å²) < 4.78 is 0. The van der Waals surface area contributed by atoms with Gasteiger partial charge in [0.25, 0.3) is 0 Å². The van der Waals surface area contributed by atoms with Crippen LogP contribution in [0.2, 0.25) is 0 Å². The molecule has 0 aromatic rings. The summed E-state index contributed by atoms with van der Waals surface area (Å²) in [5.74, 6) is -3.61. The molecule has 0 fully saturated rings. The van der Waals surface area contributed by atoms with Gasteiger partial charge in [0.05, 0.1) is 6.04 Å². The summed E-state index contributed by atoms with van der Waals surface area (Å²) in [5, 5.41) is 17.3. The highest BCUT2D eigenvalue weighted by Gasteiger charge is 2.30. The Morgan fingerprint density at radius 2 is 0.930 bits per heavy atom. The quantitative estimate of drug-likeness (QED) is 0.0292. The van der Waals surface area contributed by atoms with Crippen LogP contribution in [0.25, 0.3) is 0 Å². The number of unbranched alkanes of at least 4 members (excludes halogenated alkanes) is 1. The third kappa shape index (κ3) is 19.4. The number of rotatable bonds is 23. The van der Waals surface area contributed by atoms with Crippen molar-refractivity contribution in [2.75, 3.05) is 26.2 Å². The van der Waals surface area contributed by atoms with Crippen LogP contribution in [0.3, 0.4) is 0 Å². The van der Waals surface area contributed by atoms with Crippen LogP contribution >= 0.6 is 0 Å². The van der Waals surface area contributed by atoms with Gasteiger partial charge in [-0.2, -0.15) is 0 Å². The molecule has 0 heterocycles. The van der Waals surface area contributed by atoms with Gasteiger partial charge < -0.3 is 66.9 Å². The topological polar surface area (TPSA) is 370 Å². The number of guanidine groups is 3. The van der Waals surface area contributed by atoms with Crippen LogP contribution in [-0.4, -0.2) is 97.0 Å². The molecule has 0 aromatic carbocycles. The molecule has 0 aliphatic carbocycles. The van der Waals surface area contributed by atoms with E-state index >= 15 is 0 Å². The molecule has 43 heavy (non-hydrogen) atoms. The predicted molar refractivity (Wildman–Crippen MR) is 164 cm³/mol. The van der Waals surface area contributed by atoms with Crippen LogP contribution in [0.1, 0.15) is 57.8 Å². The maximum absolute atomic E-state index is 13.4. The number of nitrogens with zero attached hydrogens (tertiary/aromatic N) is 3. The lowest BCUT2D eigenvalue weighted by molar-refractivity contribution is -0.142. The number of carbonyl (C=O) groups excluding carboxylic acids is 3. The second kappa shape index (κ2) is 22.2. The molecule has 20 N–H and O–H groups in total. The molecule has 19 heteroatoms. The van der Waals surface area contributed by atoms with E-state index in [0.717, 1.165) is 0 Å². The summed E-state index contributed by atoms with van der Waals surface area (Å²) in [4.78, 5) is 62.7. The monoisotopic (exact) mass is 614 g/mol. The largest absolute Gasteiger partial charge is 0.480 e. The van der Waals surface area contributed by atoms with E-state index in [2.05, 4.69) is 30.9 Å². The highest BCUT2D eigenvalue weighted by molar-refractivity contribution is 5.94. The fourth-order valence-electron chi connectivity index (χ4n) is 3.77. The third-order valence-corrected chi connectivity index (χ3v) is 6.02. The highest BCUT2D eigenvalue weighted by Crippen LogP contribution is 2.07. The zero-order valence-electron chi connectivity index (χ0n) is 24.5. The number of nitrogens with two attached hydrogens (primary N) is 8. The first-order chi connectivity index (χ1) is 20.3. The number of hydrogen-bond donors (Lipinski definition) is 12. The van der Waals surface area contributed by atoms with Crippen LogP contribution in [0.5, 0.6) is 0 Å². The molecular weight excluding hydrogens is 564 g/mol. The van der Waals surface area contributed by atoms with E-state index in [-0.39, 0.29) is 69.6 Å². The number of amides is 3. The Morgan fingerprint density at radius 1 is 0.558 bits per heavy atom. The van der Waals surface area contributed by atoms with Gasteiger partial charge in [0.2, 0.25) is 17.7 Å². The summed E-state index contributed by atoms with van der Waals surface area (Å²) in [5.41, 5.74) is 43.5. The average molecular weight is 615 g/mol. The van der Waals surface area contributed by atoms with Crippen molar-refractivity contribution in [1.29, 1.82) is 0 Å². The summed E-state index contributed by atoms with van der Waals surface area (Å²) in [6.07, 6.45) is 2.63. The van der Waals surface area contributed by atoms with Crippen molar-refractivity contribution in [3.8, 4) is 0 Å². The van der Waals surface area contributed by atoms with Crippen molar-refractivity contribution in [3.63, 3.8) is 0 Å². The first-order valence-electron chi connectivity index (χ1n) is 14.0. The molecule has 4 atom stereocenters. The van der Waals surface area contributed by atoms with Crippen molar-refractivity contribution >= 4 is 41.6 Å². The van der Waals surface area contributed by atoms with E-state index < -0.39 is 47.9 Å². The summed E-state index contributed by atoms with van der Waals surface area (Å²) in [7, 11) is 0. The van der Waals surface area contributed by atoms with Crippen molar-refractivity contribution < 1.29 is 24.3 Å². The molecule has 0 aliphatic heterocycles. The number of aliphatic carboxylic acids is 1. The number of carboxylic acids is 1. The molecule has 0 saturated carbocycles. The Hall–Kier alpha value is -4.39. The lowest BCUT2D eigenvalue weighted by Crippen LogP contribution is -2.57. The fraction of sp³-hybridized carbons (Fsp3) is 0.708. The minimum absolute atomic E-state index is 0.0719. The van der Waals surface area contributed by atoms with Crippen molar-refractivity contribution in [3.05, 3.63) is 0 Å². The van der Waals surface area contributed by atoms with Crippen LogP contribution in [-0.2, 0) is 19.2 Å². The second-order valence-electron chi connectivity index (χ2n) is 9.76. The van der Waals surface area contributed by atoms with Crippen LogP contribution < -0.4 is 61.8 Å². The standard InChI is InChI=1S/C24H50N14O5/c25-10-2-1-7-17(21(42)43)38-20(41)16(9-5-13-35-24(31)32)37-19(40)15(8-4-12-34-23(29)30)36-18(39)14(26)6-3-11-33-22(27)28/h14-17H,1-13,25-26H2,(H,36,39)(H,37,40)(H,38,41)(H,42,43)(H4,27,28,33)(H4,29,30,34)(H4,31,32,35)/t14-,15-,16-,17-/m0/s1. The van der Waals surface area contributed by atoms with E-state index in [0.29, 0.717) is 32.2 Å². The number of aliphatic imine (C=N–C) groups is 3. The Bertz CT molecular complexity index is 962. The molecule has 0 radical (unpaired) electrons. The molecule has 0 rings (SSSR count). The number of nitrogens with one attached hydrogen (secondary N) is 3. The first kappa shape index (κ1) is 38.6. The highest BCUT2D eigenvalue weighted by atomic mass is 16.4. The Labute approximate surface area is 251 Å². The van der Waals surface area contributed by atoms with E-state index in [1.807, 2.05) is 0 Å². The Morgan fingerprint density at radius 3 is 1.33 bits per heavy atom. The van der Waals surface area contributed by atoms with Gasteiger partial charge in [-0.15, -0.1) is 0 Å². The zero-order valence-corrected chi connectivity index (χ0v) is 24.5.